The molecule has 0 atom stereocenters. The molecule has 0 aromatic carbocycles. The molecule has 0 aliphatic carbocycles. The Morgan fingerprint density at radius 3 is 2.63 bits per heavy atom. The van der Waals surface area contributed by atoms with Crippen molar-refractivity contribution in [3.05, 3.63) is 11.4 Å². The zero-order chi connectivity index (χ0) is 14.6. The van der Waals surface area contributed by atoms with Crippen molar-refractivity contribution in [3.8, 4) is 12.3 Å². The number of aromatic nitrogens is 2. The molecule has 1 rings (SSSR count). The summed E-state index contributed by atoms with van der Waals surface area (Å²) in [5.41, 5.74) is 1.13. The fourth-order valence-corrected chi connectivity index (χ4v) is 3.31. The Labute approximate surface area is 114 Å². The van der Waals surface area contributed by atoms with Crippen LogP contribution in [0.4, 0.5) is 0 Å². The molecule has 0 aliphatic rings. The molecule has 0 aliphatic heterocycles. The van der Waals surface area contributed by atoms with Gasteiger partial charge in [-0.3, -0.25) is 4.68 Å². The molecule has 0 saturated heterocycles. The van der Waals surface area contributed by atoms with Crippen molar-refractivity contribution in [1.29, 1.82) is 0 Å². The summed E-state index contributed by atoms with van der Waals surface area (Å²) >= 11 is 0. The van der Waals surface area contributed by atoms with Gasteiger partial charge in [0.2, 0.25) is 10.0 Å². The summed E-state index contributed by atoms with van der Waals surface area (Å²) in [5, 5.41) is 7.28. The van der Waals surface area contributed by atoms with E-state index in [1.54, 1.807) is 18.5 Å². The van der Waals surface area contributed by atoms with Gasteiger partial charge in [-0.05, 0) is 20.9 Å². The van der Waals surface area contributed by atoms with E-state index in [0.29, 0.717) is 17.9 Å². The molecule has 0 saturated carbocycles. The van der Waals surface area contributed by atoms with Gasteiger partial charge in [0.05, 0.1) is 24.5 Å². The van der Waals surface area contributed by atoms with Gasteiger partial charge >= 0.3 is 0 Å². The number of hydrogen-bond donors (Lipinski definition) is 1. The highest BCUT2D eigenvalue weighted by Crippen LogP contribution is 2.22. The molecule has 1 aromatic heterocycles. The van der Waals surface area contributed by atoms with Crippen LogP contribution in [0.3, 0.4) is 0 Å². The first kappa shape index (κ1) is 15.7. The lowest BCUT2D eigenvalue weighted by Gasteiger charge is -2.14. The molecule has 0 bridgehead atoms. The van der Waals surface area contributed by atoms with Gasteiger partial charge in [0.15, 0.2) is 0 Å². The van der Waals surface area contributed by atoms with Crippen LogP contribution >= 0.6 is 0 Å². The van der Waals surface area contributed by atoms with Gasteiger partial charge in [-0.25, -0.2) is 8.42 Å². The lowest BCUT2D eigenvalue weighted by Crippen LogP contribution is -2.28. The molecule has 0 unspecified atom stereocenters. The number of likely N-dealkylation sites (N-methyl/N-ethyl adjacent to an activating group) is 1. The second kappa shape index (κ2) is 6.19. The summed E-state index contributed by atoms with van der Waals surface area (Å²) in [6.07, 6.45) is 5.17. The van der Waals surface area contributed by atoms with E-state index in [2.05, 4.69) is 16.3 Å². The molecular weight excluding hydrogens is 264 g/mol. The van der Waals surface area contributed by atoms with Gasteiger partial charge in [-0.15, -0.1) is 6.42 Å². The fraction of sp³-hybridized carbons (Fsp3) is 0.583. The number of nitrogens with zero attached hydrogens (tertiary/aromatic N) is 3. The van der Waals surface area contributed by atoms with E-state index < -0.39 is 10.0 Å². The number of hydrogen-bond acceptors (Lipinski definition) is 4. The van der Waals surface area contributed by atoms with Gasteiger partial charge < -0.3 is 5.32 Å². The Hall–Kier alpha value is -1.36. The average molecular weight is 284 g/mol. The van der Waals surface area contributed by atoms with Crippen molar-refractivity contribution in [2.24, 2.45) is 0 Å². The third-order valence-corrected chi connectivity index (χ3v) is 4.93. The number of nitrogens with one attached hydrogen (secondary N) is 1. The first-order chi connectivity index (χ1) is 8.86. The summed E-state index contributed by atoms with van der Waals surface area (Å²) in [7, 11) is -0.271. The second-order valence-electron chi connectivity index (χ2n) is 4.29. The third kappa shape index (κ3) is 3.15. The van der Waals surface area contributed by atoms with E-state index in [1.165, 1.54) is 7.05 Å². The number of rotatable bonds is 6. The highest BCUT2D eigenvalue weighted by Gasteiger charge is 2.28. The van der Waals surface area contributed by atoms with Crippen LogP contribution in [0.15, 0.2) is 4.90 Å². The standard InChI is InChI=1S/C12H20N4O2S/c1-6-8-15(5)19(17,18)12-10(2)14-16(11(12)3)9-7-13-4/h1,13H,7-9H2,2-5H3. The predicted molar refractivity (Wildman–Crippen MR) is 74.3 cm³/mol. The third-order valence-electron chi connectivity index (χ3n) is 2.87. The van der Waals surface area contributed by atoms with Crippen LogP contribution in [0.2, 0.25) is 0 Å². The minimum Gasteiger partial charge on any atom is -0.318 e. The summed E-state index contributed by atoms with van der Waals surface area (Å²) in [5.74, 6) is 2.33. The Morgan fingerprint density at radius 1 is 1.47 bits per heavy atom. The molecule has 1 heterocycles. The quantitative estimate of drug-likeness (QED) is 0.745. The maximum atomic E-state index is 12.4. The highest BCUT2D eigenvalue weighted by molar-refractivity contribution is 7.89. The summed E-state index contributed by atoms with van der Waals surface area (Å²) < 4.78 is 27.7. The molecule has 6 nitrogen and oxygen atoms in total. The predicted octanol–water partition coefficient (Wildman–Crippen LogP) is -0.0270. The van der Waals surface area contributed by atoms with Crippen LogP contribution < -0.4 is 5.32 Å². The first-order valence-corrected chi connectivity index (χ1v) is 7.38. The van der Waals surface area contributed by atoms with Crippen LogP contribution in [0.1, 0.15) is 11.4 Å². The molecule has 0 amide bonds. The van der Waals surface area contributed by atoms with Crippen LogP contribution in [-0.2, 0) is 16.6 Å². The van der Waals surface area contributed by atoms with Gasteiger partial charge in [-0.1, -0.05) is 5.92 Å². The van der Waals surface area contributed by atoms with E-state index in [4.69, 9.17) is 6.42 Å². The topological polar surface area (TPSA) is 67.2 Å². The molecule has 0 spiro atoms. The largest absolute Gasteiger partial charge is 0.318 e. The van der Waals surface area contributed by atoms with Crippen LogP contribution in [-0.4, -0.2) is 49.7 Å². The molecule has 7 heteroatoms. The van der Waals surface area contributed by atoms with E-state index in [0.717, 1.165) is 10.8 Å². The average Bonchev–Trinajstić information content (AvgIpc) is 2.62. The smallest absolute Gasteiger partial charge is 0.247 e. The highest BCUT2D eigenvalue weighted by atomic mass is 32.2. The molecular formula is C12H20N4O2S. The van der Waals surface area contributed by atoms with Crippen LogP contribution in [0, 0.1) is 26.2 Å². The fourth-order valence-electron chi connectivity index (χ4n) is 1.86. The maximum absolute atomic E-state index is 12.4. The van der Waals surface area contributed by atoms with Crippen molar-refractivity contribution in [1.82, 2.24) is 19.4 Å². The maximum Gasteiger partial charge on any atom is 0.247 e. The Morgan fingerprint density at radius 2 is 2.11 bits per heavy atom. The van der Waals surface area contributed by atoms with Gasteiger partial charge in [0.25, 0.3) is 0 Å². The number of terminal acetylenes is 1. The monoisotopic (exact) mass is 284 g/mol. The van der Waals surface area contributed by atoms with Gasteiger partial charge in [-0.2, -0.15) is 9.40 Å². The van der Waals surface area contributed by atoms with E-state index in [9.17, 15) is 8.42 Å². The van der Waals surface area contributed by atoms with E-state index in [1.807, 2.05) is 7.05 Å². The van der Waals surface area contributed by atoms with Crippen molar-refractivity contribution >= 4 is 10.0 Å². The zero-order valence-corrected chi connectivity index (χ0v) is 12.6. The van der Waals surface area contributed by atoms with Crippen molar-refractivity contribution in [3.63, 3.8) is 0 Å². The summed E-state index contributed by atoms with van der Waals surface area (Å²) in [6.45, 7) is 4.84. The van der Waals surface area contributed by atoms with Crippen molar-refractivity contribution < 1.29 is 8.42 Å². The SMILES string of the molecule is C#CCN(C)S(=O)(=O)c1c(C)nn(CCNC)c1C. The number of aryl methyl sites for hydroxylation is 1. The van der Waals surface area contributed by atoms with E-state index >= 15 is 0 Å². The lowest BCUT2D eigenvalue weighted by atomic mass is 10.4. The normalized spacial score (nSPS) is 11.8. The minimum atomic E-state index is -3.58. The molecule has 19 heavy (non-hydrogen) atoms. The first-order valence-electron chi connectivity index (χ1n) is 5.94. The van der Waals surface area contributed by atoms with Crippen LogP contribution in [0.25, 0.3) is 0 Å². The Bertz CT molecular complexity index is 584. The van der Waals surface area contributed by atoms with Gasteiger partial charge in [0, 0.05) is 13.6 Å². The molecule has 0 radical (unpaired) electrons. The lowest BCUT2D eigenvalue weighted by molar-refractivity contribution is 0.501. The van der Waals surface area contributed by atoms with E-state index in [-0.39, 0.29) is 11.4 Å². The second-order valence-corrected chi connectivity index (χ2v) is 6.27. The summed E-state index contributed by atoms with van der Waals surface area (Å²) in [6, 6.07) is 0. The minimum absolute atomic E-state index is 0.0446. The Balaban J connectivity index is 3.21. The molecule has 106 valence electrons. The molecule has 1 N–H and O–H groups in total. The number of sulfonamides is 1. The van der Waals surface area contributed by atoms with Crippen molar-refractivity contribution in [2.75, 3.05) is 27.2 Å². The molecule has 0 fully saturated rings. The zero-order valence-electron chi connectivity index (χ0n) is 11.8. The van der Waals surface area contributed by atoms with Crippen LogP contribution in [0.5, 0.6) is 0 Å². The Kier molecular flexibility index (Phi) is 5.11. The van der Waals surface area contributed by atoms with Crippen molar-refractivity contribution in [2.45, 2.75) is 25.3 Å². The molecule has 1 aromatic rings. The summed E-state index contributed by atoms with van der Waals surface area (Å²) in [4.78, 5) is 0.251. The van der Waals surface area contributed by atoms with Gasteiger partial charge in [0.1, 0.15) is 4.90 Å².